The predicted octanol–water partition coefficient (Wildman–Crippen LogP) is 2.01. The molecule has 0 radical (unpaired) electrons. The highest BCUT2D eigenvalue weighted by atomic mass is 32.2. The van der Waals surface area contributed by atoms with Crippen molar-refractivity contribution in [3.8, 4) is 0 Å². The molecule has 25 heavy (non-hydrogen) atoms. The Hall–Kier alpha value is -1.83. The summed E-state index contributed by atoms with van der Waals surface area (Å²) in [6.45, 7) is 14.1. The summed E-state index contributed by atoms with van der Waals surface area (Å²) in [5, 5.41) is 2.52. The molecule has 0 unspecified atom stereocenters. The van der Waals surface area contributed by atoms with Gasteiger partial charge in [-0.2, -0.15) is 0 Å². The summed E-state index contributed by atoms with van der Waals surface area (Å²) in [4.78, 5) is 24.7. The molecule has 2 amide bonds. The van der Waals surface area contributed by atoms with Gasteiger partial charge in [-0.15, -0.1) is 6.58 Å². The fraction of sp³-hybridized carbons (Fsp3) is 0.647. The maximum atomic E-state index is 12.7. The molecule has 2 saturated carbocycles. The standard InChI is InChI=1S/C17H26N2O5S/c1-7-12-10-17(12,18-14(21)24-15(4,5)6)13(20)19-25(22,23)16(8-9-16)11(2)3/h7,12H,1-2,8-10H2,3-6H3,(H,18,21)(H,19,20)/t12-,17-/m1/s1. The molecule has 2 aliphatic rings. The molecular weight excluding hydrogens is 344 g/mol. The molecule has 0 saturated heterocycles. The van der Waals surface area contributed by atoms with Crippen LogP contribution in [0.3, 0.4) is 0 Å². The third-order valence-corrected chi connectivity index (χ3v) is 6.89. The van der Waals surface area contributed by atoms with Gasteiger partial charge in [0.2, 0.25) is 10.0 Å². The number of carbonyl (C=O) groups is 2. The number of hydrogen-bond donors (Lipinski definition) is 2. The highest BCUT2D eigenvalue weighted by molar-refractivity contribution is 7.92. The van der Waals surface area contributed by atoms with Gasteiger partial charge in [0.1, 0.15) is 15.9 Å². The largest absolute Gasteiger partial charge is 0.444 e. The third-order valence-electron chi connectivity index (χ3n) is 4.65. The summed E-state index contributed by atoms with van der Waals surface area (Å²) in [5.41, 5.74) is -1.58. The highest BCUT2D eigenvalue weighted by Gasteiger charge is 2.63. The minimum absolute atomic E-state index is 0.275. The second kappa shape index (κ2) is 5.86. The molecule has 0 aliphatic heterocycles. The third kappa shape index (κ3) is 3.58. The van der Waals surface area contributed by atoms with Crippen LogP contribution in [0.1, 0.15) is 47.0 Å². The number of hydrogen-bond acceptors (Lipinski definition) is 5. The quantitative estimate of drug-likeness (QED) is 0.697. The first kappa shape index (κ1) is 19.5. The van der Waals surface area contributed by atoms with E-state index < -0.39 is 37.9 Å². The van der Waals surface area contributed by atoms with Crippen LogP contribution in [0.4, 0.5) is 4.79 Å². The molecule has 7 nitrogen and oxygen atoms in total. The zero-order chi connectivity index (χ0) is 19.3. The molecular formula is C17H26N2O5S. The van der Waals surface area contributed by atoms with Gasteiger partial charge >= 0.3 is 6.09 Å². The SMILES string of the molecule is C=C[C@@H]1C[C@]1(NC(=O)OC(C)(C)C)C(=O)NS(=O)(=O)C1(C(=C)C)CC1. The van der Waals surface area contributed by atoms with Gasteiger partial charge < -0.3 is 10.1 Å². The maximum absolute atomic E-state index is 12.7. The van der Waals surface area contributed by atoms with Crippen molar-refractivity contribution in [1.29, 1.82) is 0 Å². The van der Waals surface area contributed by atoms with E-state index >= 15 is 0 Å². The molecule has 0 aromatic carbocycles. The normalized spacial score (nSPS) is 27.0. The second-order valence-electron chi connectivity index (χ2n) is 7.85. The summed E-state index contributed by atoms with van der Waals surface area (Å²) < 4.78 is 31.4. The van der Waals surface area contributed by atoms with E-state index in [1.807, 2.05) is 0 Å². The molecule has 2 N–H and O–H groups in total. The van der Waals surface area contributed by atoms with E-state index in [-0.39, 0.29) is 12.3 Å². The number of rotatable bonds is 6. The Labute approximate surface area is 148 Å². The van der Waals surface area contributed by atoms with E-state index in [0.717, 1.165) is 0 Å². The van der Waals surface area contributed by atoms with Crippen LogP contribution >= 0.6 is 0 Å². The van der Waals surface area contributed by atoms with Crippen LogP contribution in [0.25, 0.3) is 0 Å². The van der Waals surface area contributed by atoms with Crippen molar-refractivity contribution < 1.29 is 22.7 Å². The number of nitrogens with one attached hydrogen (secondary N) is 2. The van der Waals surface area contributed by atoms with Gasteiger partial charge in [0, 0.05) is 5.92 Å². The summed E-state index contributed by atoms with van der Waals surface area (Å²) >= 11 is 0. The molecule has 0 bridgehead atoms. The highest BCUT2D eigenvalue weighted by Crippen LogP contribution is 2.49. The molecule has 0 aromatic heterocycles. The maximum Gasteiger partial charge on any atom is 0.408 e. The van der Waals surface area contributed by atoms with Gasteiger partial charge in [-0.1, -0.05) is 18.2 Å². The Balaban J connectivity index is 2.16. The van der Waals surface area contributed by atoms with Crippen LogP contribution in [0.15, 0.2) is 24.8 Å². The zero-order valence-electron chi connectivity index (χ0n) is 15.1. The minimum atomic E-state index is -3.92. The monoisotopic (exact) mass is 370 g/mol. The first-order valence-electron chi connectivity index (χ1n) is 8.16. The summed E-state index contributed by atoms with van der Waals surface area (Å²) in [6.07, 6.45) is 1.89. The molecule has 2 aliphatic carbocycles. The molecule has 2 fully saturated rings. The summed E-state index contributed by atoms with van der Waals surface area (Å²) in [5.74, 6) is -1.12. The smallest absolute Gasteiger partial charge is 0.408 e. The number of carbonyl (C=O) groups excluding carboxylic acids is 2. The molecule has 2 rings (SSSR count). The van der Waals surface area contributed by atoms with E-state index in [1.165, 1.54) is 6.08 Å². The molecule has 2 atom stereocenters. The Morgan fingerprint density at radius 2 is 1.84 bits per heavy atom. The molecule has 140 valence electrons. The molecule has 8 heteroatoms. The predicted molar refractivity (Wildman–Crippen MR) is 94.2 cm³/mol. The van der Waals surface area contributed by atoms with Gasteiger partial charge in [0.15, 0.2) is 0 Å². The summed E-state index contributed by atoms with van der Waals surface area (Å²) in [6, 6.07) is 0. The first-order chi connectivity index (χ1) is 11.3. The fourth-order valence-electron chi connectivity index (χ4n) is 2.87. The van der Waals surface area contributed by atoms with Crippen molar-refractivity contribution in [3.05, 3.63) is 24.8 Å². The van der Waals surface area contributed by atoms with Gasteiger partial charge in [-0.05, 0) is 47.0 Å². The van der Waals surface area contributed by atoms with Crippen molar-refractivity contribution >= 4 is 22.0 Å². The zero-order valence-corrected chi connectivity index (χ0v) is 16.0. The number of sulfonamides is 1. The molecule has 0 heterocycles. The van der Waals surface area contributed by atoms with Crippen LogP contribution in [-0.4, -0.2) is 36.3 Å². The fourth-order valence-corrected chi connectivity index (χ4v) is 4.59. The van der Waals surface area contributed by atoms with Crippen molar-refractivity contribution in [2.24, 2.45) is 5.92 Å². The van der Waals surface area contributed by atoms with Gasteiger partial charge in [0.25, 0.3) is 5.91 Å². The molecule has 0 spiro atoms. The van der Waals surface area contributed by atoms with Crippen molar-refractivity contribution in [2.45, 2.75) is 62.8 Å². The lowest BCUT2D eigenvalue weighted by Gasteiger charge is -2.24. The van der Waals surface area contributed by atoms with Crippen molar-refractivity contribution in [2.75, 3.05) is 0 Å². The minimum Gasteiger partial charge on any atom is -0.444 e. The lowest BCUT2D eigenvalue weighted by Crippen LogP contribution is -2.54. The van der Waals surface area contributed by atoms with E-state index in [4.69, 9.17) is 4.74 Å². The van der Waals surface area contributed by atoms with Crippen LogP contribution in [0.5, 0.6) is 0 Å². The molecule has 0 aromatic rings. The topological polar surface area (TPSA) is 102 Å². The van der Waals surface area contributed by atoms with Crippen LogP contribution in [-0.2, 0) is 19.6 Å². The summed E-state index contributed by atoms with van der Waals surface area (Å²) in [7, 11) is -3.92. The number of alkyl carbamates (subject to hydrolysis) is 1. The van der Waals surface area contributed by atoms with Crippen LogP contribution < -0.4 is 10.0 Å². The number of ether oxygens (including phenoxy) is 1. The van der Waals surface area contributed by atoms with Crippen molar-refractivity contribution in [1.82, 2.24) is 10.0 Å². The van der Waals surface area contributed by atoms with E-state index in [0.29, 0.717) is 18.4 Å². The van der Waals surface area contributed by atoms with E-state index in [9.17, 15) is 18.0 Å². The lowest BCUT2D eigenvalue weighted by atomic mass is 10.2. The Bertz CT molecular complexity index is 731. The van der Waals surface area contributed by atoms with E-state index in [1.54, 1.807) is 27.7 Å². The van der Waals surface area contributed by atoms with Crippen molar-refractivity contribution in [3.63, 3.8) is 0 Å². The Morgan fingerprint density at radius 3 is 2.20 bits per heavy atom. The van der Waals surface area contributed by atoms with Gasteiger partial charge in [-0.3, -0.25) is 9.52 Å². The first-order valence-corrected chi connectivity index (χ1v) is 9.64. The van der Waals surface area contributed by atoms with Gasteiger partial charge in [0.05, 0.1) is 0 Å². The lowest BCUT2D eigenvalue weighted by molar-refractivity contribution is -0.122. The Kier molecular flexibility index (Phi) is 4.57. The average molecular weight is 370 g/mol. The second-order valence-corrected chi connectivity index (χ2v) is 9.85. The van der Waals surface area contributed by atoms with Crippen LogP contribution in [0.2, 0.25) is 0 Å². The Morgan fingerprint density at radius 1 is 1.28 bits per heavy atom. The van der Waals surface area contributed by atoms with E-state index in [2.05, 4.69) is 23.2 Å². The number of amides is 2. The average Bonchev–Trinajstić information content (AvgIpc) is 3.30. The van der Waals surface area contributed by atoms with Crippen LogP contribution in [0, 0.1) is 5.92 Å². The van der Waals surface area contributed by atoms with Gasteiger partial charge in [-0.25, -0.2) is 13.2 Å².